The van der Waals surface area contributed by atoms with Gasteiger partial charge in [0.05, 0.1) is 0 Å². The Morgan fingerprint density at radius 2 is 1.89 bits per heavy atom. The number of nitrogens with zero attached hydrogens (tertiary/aromatic N) is 3. The van der Waals surface area contributed by atoms with E-state index in [1.807, 2.05) is 28.4 Å². The maximum atomic E-state index is 12.5. The fraction of sp³-hybridized carbons (Fsp3) is 0.381. The Bertz CT molecular complexity index is 991. The fourth-order valence-electron chi connectivity index (χ4n) is 4.01. The lowest BCUT2D eigenvalue weighted by molar-refractivity contribution is 0.0793. The van der Waals surface area contributed by atoms with Crippen LogP contribution in [0.3, 0.4) is 0 Å². The molecule has 0 unspecified atom stereocenters. The first-order valence-corrected chi connectivity index (χ1v) is 11.4. The molecule has 4 nitrogen and oxygen atoms in total. The Morgan fingerprint density at radius 3 is 2.70 bits per heavy atom. The molecule has 3 aromatic rings. The van der Waals surface area contributed by atoms with Crippen LogP contribution >= 0.6 is 23.1 Å². The molecular formula is C21H21N3OS2. The van der Waals surface area contributed by atoms with E-state index in [0.29, 0.717) is 0 Å². The van der Waals surface area contributed by atoms with Gasteiger partial charge in [0.25, 0.3) is 5.91 Å². The van der Waals surface area contributed by atoms with Crippen LogP contribution in [0.4, 0.5) is 0 Å². The van der Waals surface area contributed by atoms with Crippen LogP contribution in [0.5, 0.6) is 0 Å². The number of fused-ring (bicyclic) bond motifs is 3. The molecule has 1 aromatic carbocycles. The number of aromatic nitrogens is 2. The largest absolute Gasteiger partial charge is 0.339 e. The first-order chi connectivity index (χ1) is 13.3. The topological polar surface area (TPSA) is 46.1 Å². The van der Waals surface area contributed by atoms with E-state index < -0.39 is 0 Å². The fourth-order valence-corrected chi connectivity index (χ4v) is 6.28. The molecule has 27 heavy (non-hydrogen) atoms. The van der Waals surface area contributed by atoms with E-state index >= 15 is 0 Å². The van der Waals surface area contributed by atoms with Crippen LogP contribution in [0, 0.1) is 0 Å². The zero-order valence-corrected chi connectivity index (χ0v) is 16.7. The maximum absolute atomic E-state index is 12.5. The molecule has 138 valence electrons. The van der Waals surface area contributed by atoms with Gasteiger partial charge in [-0.15, -0.1) is 23.1 Å². The van der Waals surface area contributed by atoms with Crippen molar-refractivity contribution in [3.05, 3.63) is 52.2 Å². The third-order valence-electron chi connectivity index (χ3n) is 5.44. The molecule has 1 saturated heterocycles. The zero-order chi connectivity index (χ0) is 18.2. The third-order valence-corrected chi connectivity index (χ3v) is 7.70. The van der Waals surface area contributed by atoms with Crippen LogP contribution in [-0.2, 0) is 18.6 Å². The van der Waals surface area contributed by atoms with Crippen LogP contribution in [0.2, 0.25) is 0 Å². The highest BCUT2D eigenvalue weighted by atomic mass is 32.2. The molecule has 1 aliphatic heterocycles. The van der Waals surface area contributed by atoms with Gasteiger partial charge in [0.1, 0.15) is 16.2 Å². The van der Waals surface area contributed by atoms with Crippen molar-refractivity contribution in [3.63, 3.8) is 0 Å². The second-order valence-corrected chi connectivity index (χ2v) is 9.25. The summed E-state index contributed by atoms with van der Waals surface area (Å²) in [5, 5.41) is 2.37. The van der Waals surface area contributed by atoms with Crippen LogP contribution in [0.25, 0.3) is 10.2 Å². The number of likely N-dealkylation sites (tertiary alicyclic amines) is 1. The third kappa shape index (κ3) is 3.25. The number of thioether (sulfide) groups is 1. The van der Waals surface area contributed by atoms with Crippen molar-refractivity contribution in [2.75, 3.05) is 13.1 Å². The number of rotatable bonds is 4. The van der Waals surface area contributed by atoms with E-state index in [9.17, 15) is 4.79 Å². The van der Waals surface area contributed by atoms with Gasteiger partial charge in [-0.05, 0) is 55.4 Å². The van der Waals surface area contributed by atoms with Crippen LogP contribution in [0.1, 0.15) is 45.6 Å². The van der Waals surface area contributed by atoms with Gasteiger partial charge in [0.2, 0.25) is 0 Å². The van der Waals surface area contributed by atoms with E-state index in [-0.39, 0.29) is 5.91 Å². The van der Waals surface area contributed by atoms with Gasteiger partial charge in [-0.3, -0.25) is 4.79 Å². The van der Waals surface area contributed by atoms with Gasteiger partial charge in [0.15, 0.2) is 0 Å². The molecule has 1 aliphatic carbocycles. The Labute approximate surface area is 167 Å². The molecule has 6 heteroatoms. The number of thiophene rings is 1. The molecule has 0 atom stereocenters. The molecule has 1 amide bonds. The smallest absolute Gasteiger partial charge is 0.253 e. The number of amides is 1. The average molecular weight is 396 g/mol. The highest BCUT2D eigenvalue weighted by Crippen LogP contribution is 2.40. The normalized spacial score (nSPS) is 16.2. The summed E-state index contributed by atoms with van der Waals surface area (Å²) in [5.41, 5.74) is 3.49. The number of carbonyl (C=O) groups is 1. The van der Waals surface area contributed by atoms with Crippen LogP contribution in [-0.4, -0.2) is 33.9 Å². The first kappa shape index (κ1) is 17.2. The minimum absolute atomic E-state index is 0.165. The summed E-state index contributed by atoms with van der Waals surface area (Å²) in [6, 6.07) is 8.09. The van der Waals surface area contributed by atoms with Crippen LogP contribution < -0.4 is 0 Å². The number of hydrogen-bond acceptors (Lipinski definition) is 5. The second-order valence-electron chi connectivity index (χ2n) is 7.20. The van der Waals surface area contributed by atoms with E-state index in [1.165, 1.54) is 34.2 Å². The highest BCUT2D eigenvalue weighted by molar-refractivity contribution is 7.98. The van der Waals surface area contributed by atoms with Crippen molar-refractivity contribution in [2.24, 2.45) is 0 Å². The molecule has 2 aromatic heterocycles. The predicted molar refractivity (Wildman–Crippen MR) is 111 cm³/mol. The minimum Gasteiger partial charge on any atom is -0.339 e. The van der Waals surface area contributed by atoms with Gasteiger partial charge in [0, 0.05) is 34.7 Å². The zero-order valence-electron chi connectivity index (χ0n) is 15.1. The molecule has 0 saturated carbocycles. The molecule has 2 aliphatic rings. The number of benzene rings is 1. The minimum atomic E-state index is 0.165. The van der Waals surface area contributed by atoms with Gasteiger partial charge in [-0.1, -0.05) is 12.1 Å². The monoisotopic (exact) mass is 395 g/mol. The number of hydrogen-bond donors (Lipinski definition) is 0. The summed E-state index contributed by atoms with van der Waals surface area (Å²) < 4.78 is 0. The molecule has 0 radical (unpaired) electrons. The Kier molecular flexibility index (Phi) is 4.61. The maximum Gasteiger partial charge on any atom is 0.253 e. The first-order valence-electron chi connectivity index (χ1n) is 9.56. The summed E-state index contributed by atoms with van der Waals surface area (Å²) >= 11 is 3.61. The quantitative estimate of drug-likeness (QED) is 0.474. The van der Waals surface area contributed by atoms with Crippen molar-refractivity contribution < 1.29 is 4.79 Å². The highest BCUT2D eigenvalue weighted by Gasteiger charge is 2.22. The number of aryl methyl sites for hydroxylation is 2. The van der Waals surface area contributed by atoms with Gasteiger partial charge < -0.3 is 4.90 Å². The van der Waals surface area contributed by atoms with Gasteiger partial charge in [-0.25, -0.2) is 9.97 Å². The van der Waals surface area contributed by atoms with E-state index in [0.717, 1.165) is 53.5 Å². The lowest BCUT2D eigenvalue weighted by Crippen LogP contribution is -2.27. The summed E-state index contributed by atoms with van der Waals surface area (Å²) in [6.45, 7) is 1.79. The van der Waals surface area contributed by atoms with Crippen molar-refractivity contribution >= 4 is 39.2 Å². The molecule has 0 N–H and O–H groups in total. The van der Waals surface area contributed by atoms with Gasteiger partial charge in [-0.2, -0.15) is 0 Å². The van der Waals surface area contributed by atoms with Crippen LogP contribution in [0.15, 0.2) is 35.6 Å². The molecule has 5 rings (SSSR count). The second kappa shape index (κ2) is 7.24. The lowest BCUT2D eigenvalue weighted by atomic mass is 10.1. The molecule has 0 spiro atoms. The predicted octanol–water partition coefficient (Wildman–Crippen LogP) is 4.71. The van der Waals surface area contributed by atoms with Crippen molar-refractivity contribution in [2.45, 2.75) is 42.9 Å². The molecule has 1 fully saturated rings. The van der Waals surface area contributed by atoms with E-state index in [2.05, 4.69) is 22.1 Å². The average Bonchev–Trinajstić information content (AvgIpc) is 3.43. The van der Waals surface area contributed by atoms with E-state index in [1.54, 1.807) is 18.1 Å². The number of carbonyl (C=O) groups excluding carboxylic acids is 1. The summed E-state index contributed by atoms with van der Waals surface area (Å²) in [4.78, 5) is 26.1. The Hall–Kier alpha value is -1.92. The lowest BCUT2D eigenvalue weighted by Gasteiger charge is -2.15. The van der Waals surface area contributed by atoms with Crippen molar-refractivity contribution in [1.29, 1.82) is 0 Å². The SMILES string of the molecule is O=C(c1ccc(CSc2ncnc3sc4c(c23)CCC4)cc1)N1CCCC1. The molecule has 3 heterocycles. The van der Waals surface area contributed by atoms with E-state index in [4.69, 9.17) is 0 Å². The molecule has 0 bridgehead atoms. The van der Waals surface area contributed by atoms with Crippen molar-refractivity contribution in [1.82, 2.24) is 14.9 Å². The Balaban J connectivity index is 1.32. The molecular weight excluding hydrogens is 374 g/mol. The standard InChI is InChI=1S/C21H21N3OS2/c25-21(24-10-1-2-11-24)15-8-6-14(7-9-15)12-26-19-18-16-4-3-5-17(16)27-20(18)23-13-22-19/h6-9,13H,1-5,10-12H2. The summed E-state index contributed by atoms with van der Waals surface area (Å²) in [7, 11) is 0. The van der Waals surface area contributed by atoms with Gasteiger partial charge >= 0.3 is 0 Å². The van der Waals surface area contributed by atoms with Crippen molar-refractivity contribution in [3.8, 4) is 0 Å². The Morgan fingerprint density at radius 1 is 1.07 bits per heavy atom. The summed E-state index contributed by atoms with van der Waals surface area (Å²) in [6.07, 6.45) is 7.54. The summed E-state index contributed by atoms with van der Waals surface area (Å²) in [5.74, 6) is 1.02.